The van der Waals surface area contributed by atoms with Gasteiger partial charge in [-0.15, -0.1) is 0 Å². The van der Waals surface area contributed by atoms with Crippen molar-refractivity contribution in [1.29, 1.82) is 0 Å². The molecule has 0 heterocycles. The average Bonchev–Trinajstić information content (AvgIpc) is 3.34. The van der Waals surface area contributed by atoms with Crippen LogP contribution in [0.3, 0.4) is 0 Å². The molecule has 1 unspecified atom stereocenters. The number of carboxylic acid groups (broad SMARTS) is 1. The minimum absolute atomic E-state index is 0.0257. The normalized spacial score (nSPS) is 11.8. The number of carbonyl (C=O) groups excluding carboxylic acids is 1. The molecule has 0 radical (unpaired) electrons. The highest BCUT2D eigenvalue weighted by molar-refractivity contribution is 5.70. The number of carbonyl (C=O) groups is 2. The summed E-state index contributed by atoms with van der Waals surface area (Å²) in [5.74, 6) is -0.629. The van der Waals surface area contributed by atoms with Gasteiger partial charge in [0.05, 0.1) is 12.5 Å². The van der Waals surface area contributed by atoms with Gasteiger partial charge in [-0.2, -0.15) is 0 Å². The van der Waals surface area contributed by atoms with Crippen molar-refractivity contribution in [3.8, 4) is 0 Å². The monoisotopic (exact) mass is 961 g/mol. The van der Waals surface area contributed by atoms with Gasteiger partial charge in [0.1, 0.15) is 0 Å². The largest absolute Gasteiger partial charge is 0.481 e. The van der Waals surface area contributed by atoms with Crippen LogP contribution in [0.5, 0.6) is 0 Å². The van der Waals surface area contributed by atoms with Crippen LogP contribution >= 0.6 is 0 Å². The van der Waals surface area contributed by atoms with E-state index < -0.39 is 5.97 Å². The summed E-state index contributed by atoms with van der Waals surface area (Å²) in [7, 11) is 0. The molecule has 0 saturated heterocycles. The van der Waals surface area contributed by atoms with Gasteiger partial charge in [-0.3, -0.25) is 9.59 Å². The maximum Gasteiger partial charge on any atom is 0.306 e. The summed E-state index contributed by atoms with van der Waals surface area (Å²) in [5.41, 5.74) is 0. The molecule has 4 nitrogen and oxygen atoms in total. The molecule has 408 valence electrons. The van der Waals surface area contributed by atoms with Gasteiger partial charge in [0.2, 0.25) is 0 Å². The van der Waals surface area contributed by atoms with Crippen LogP contribution in [-0.4, -0.2) is 23.7 Å². The highest BCUT2D eigenvalue weighted by Gasteiger charge is 2.16. The highest BCUT2D eigenvalue weighted by atomic mass is 16.5. The molecule has 4 heteroatoms. The first-order chi connectivity index (χ1) is 33.5. The minimum atomic E-state index is -0.558. The molecule has 0 aromatic heterocycles. The van der Waals surface area contributed by atoms with Gasteiger partial charge in [-0.05, 0) is 25.7 Å². The molecular formula is C64H128O4. The number of aliphatic carboxylic acids is 1. The maximum absolute atomic E-state index is 11.9. The van der Waals surface area contributed by atoms with Crippen LogP contribution in [0.25, 0.3) is 0 Å². The Morgan fingerprint density at radius 1 is 0.279 bits per heavy atom. The zero-order chi connectivity index (χ0) is 49.7. The molecule has 0 aliphatic carbocycles. The zero-order valence-corrected chi connectivity index (χ0v) is 47.6. The van der Waals surface area contributed by atoms with Crippen molar-refractivity contribution in [3.63, 3.8) is 0 Å². The van der Waals surface area contributed by atoms with Crippen LogP contribution in [0.1, 0.15) is 387 Å². The number of esters is 1. The number of hydrogen-bond acceptors (Lipinski definition) is 3. The first kappa shape index (κ1) is 69.0. The van der Waals surface area contributed by atoms with Crippen molar-refractivity contribution in [2.24, 2.45) is 5.92 Å². The van der Waals surface area contributed by atoms with Crippen molar-refractivity contribution in [3.05, 3.63) is 0 Å². The molecule has 0 aliphatic heterocycles. The fourth-order valence-electron chi connectivity index (χ4n) is 10.1. The van der Waals surface area contributed by atoms with Crippen molar-refractivity contribution in [1.82, 2.24) is 0 Å². The van der Waals surface area contributed by atoms with Crippen molar-refractivity contribution < 1.29 is 19.4 Å². The van der Waals surface area contributed by atoms with Gasteiger partial charge < -0.3 is 9.84 Å². The van der Waals surface area contributed by atoms with E-state index in [1.54, 1.807) is 0 Å². The molecule has 0 bridgehead atoms. The molecule has 68 heavy (non-hydrogen) atoms. The Hall–Kier alpha value is -1.06. The lowest BCUT2D eigenvalue weighted by molar-refractivity contribution is -0.144. The van der Waals surface area contributed by atoms with Crippen LogP contribution in [0.15, 0.2) is 0 Å². The molecular weight excluding hydrogens is 833 g/mol. The molecule has 0 aliphatic rings. The van der Waals surface area contributed by atoms with Crippen molar-refractivity contribution >= 4 is 11.9 Å². The number of hydrogen-bond donors (Lipinski definition) is 1. The van der Waals surface area contributed by atoms with Crippen molar-refractivity contribution in [2.45, 2.75) is 387 Å². The number of ether oxygens (including phenoxy) is 1. The fourth-order valence-corrected chi connectivity index (χ4v) is 10.1. The summed E-state index contributed by atoms with van der Waals surface area (Å²) >= 11 is 0. The van der Waals surface area contributed by atoms with E-state index in [2.05, 4.69) is 27.7 Å². The third-order valence-corrected chi connectivity index (χ3v) is 14.9. The summed E-state index contributed by atoms with van der Waals surface area (Å²) in [4.78, 5) is 23.5. The molecule has 0 spiro atoms. The summed E-state index contributed by atoms with van der Waals surface area (Å²) in [6.07, 6.45) is 74.1. The average molecular weight is 962 g/mol. The topological polar surface area (TPSA) is 63.6 Å². The van der Waals surface area contributed by atoms with Gasteiger partial charge in [-0.1, -0.05) is 355 Å². The Bertz CT molecular complexity index is 916. The molecule has 0 amide bonds. The van der Waals surface area contributed by atoms with Gasteiger partial charge in [-0.25, -0.2) is 0 Å². The lowest BCUT2D eigenvalue weighted by Crippen LogP contribution is -2.13. The van der Waals surface area contributed by atoms with Gasteiger partial charge in [0.15, 0.2) is 0 Å². The Morgan fingerprint density at radius 2 is 0.471 bits per heavy atom. The number of rotatable bonds is 58. The molecule has 1 N–H and O–H groups in total. The van der Waals surface area contributed by atoms with Crippen LogP contribution in [0, 0.1) is 5.92 Å². The molecule has 0 aromatic rings. The smallest absolute Gasteiger partial charge is 0.306 e. The number of carboxylic acids is 1. The van der Waals surface area contributed by atoms with E-state index in [1.807, 2.05) is 0 Å². The van der Waals surface area contributed by atoms with Gasteiger partial charge >= 0.3 is 11.9 Å². The minimum Gasteiger partial charge on any atom is -0.481 e. The lowest BCUT2D eigenvalue weighted by atomic mass is 9.94. The van der Waals surface area contributed by atoms with E-state index in [-0.39, 0.29) is 11.9 Å². The Morgan fingerprint density at radius 3 is 0.691 bits per heavy atom. The highest BCUT2D eigenvalue weighted by Crippen LogP contribution is 2.21. The van der Waals surface area contributed by atoms with Crippen LogP contribution in [-0.2, 0) is 14.3 Å². The van der Waals surface area contributed by atoms with Crippen LogP contribution in [0.2, 0.25) is 0 Å². The Kier molecular flexibility index (Phi) is 64.9. The molecule has 0 aromatic carbocycles. The first-order valence-corrected chi connectivity index (χ1v) is 31.9. The van der Waals surface area contributed by atoms with Crippen molar-refractivity contribution in [2.75, 3.05) is 6.61 Å². The second kappa shape index (κ2) is 64.0. The molecule has 1 atom stereocenters. The fraction of sp³-hybridized carbons (Fsp3) is 0.969. The summed E-state index contributed by atoms with van der Waals surface area (Å²) in [5, 5.41) is 9.55. The van der Waals surface area contributed by atoms with Crippen LogP contribution in [0.4, 0.5) is 0 Å². The van der Waals surface area contributed by atoms with E-state index in [4.69, 9.17) is 4.74 Å². The van der Waals surface area contributed by atoms with E-state index >= 15 is 0 Å². The second-order valence-electron chi connectivity index (χ2n) is 21.9. The third-order valence-electron chi connectivity index (χ3n) is 14.9. The molecule has 0 fully saturated rings. The standard InChI is InChI=1S/2C32H64O2/c1-3-5-7-9-11-13-15-17-18-19-20-22-24-26-28-30-32(33)34-31-29-27-25-23-21-16-14-12-10-8-6-4-2;1-3-5-7-9-11-13-15-17-18-20-22-24-26-28-30-31(32(33)34)29-27-25-23-21-19-16-14-12-10-8-6-4-2/h3-31H2,1-2H3;31H,3-30H2,1-2H3,(H,33,34). The van der Waals surface area contributed by atoms with Crippen LogP contribution < -0.4 is 0 Å². The van der Waals surface area contributed by atoms with Gasteiger partial charge in [0, 0.05) is 6.42 Å². The van der Waals surface area contributed by atoms with E-state index in [1.165, 1.54) is 315 Å². The quantitative estimate of drug-likeness (QED) is 0.0487. The second-order valence-corrected chi connectivity index (χ2v) is 21.9. The molecule has 0 rings (SSSR count). The third kappa shape index (κ3) is 63.0. The summed E-state index contributed by atoms with van der Waals surface area (Å²) in [6, 6.07) is 0. The molecule has 0 saturated carbocycles. The number of unbranched alkanes of at least 4 members (excludes halogenated alkanes) is 49. The maximum atomic E-state index is 11.9. The lowest BCUT2D eigenvalue weighted by Gasteiger charge is -2.12. The van der Waals surface area contributed by atoms with E-state index in [0.29, 0.717) is 13.0 Å². The predicted molar refractivity (Wildman–Crippen MR) is 303 cm³/mol. The van der Waals surface area contributed by atoms with E-state index in [9.17, 15) is 14.7 Å². The zero-order valence-electron chi connectivity index (χ0n) is 47.6. The first-order valence-electron chi connectivity index (χ1n) is 31.9. The summed E-state index contributed by atoms with van der Waals surface area (Å²) < 4.78 is 5.41. The Labute approximate surface area is 429 Å². The SMILES string of the molecule is CCCCCCCCCCCCCCCCC(CCCCCCCCCCCCCC)C(=O)O.CCCCCCCCCCCCCCCCCC(=O)OCCCCCCCCCCCCCC. The summed E-state index contributed by atoms with van der Waals surface area (Å²) in [6.45, 7) is 9.76. The van der Waals surface area contributed by atoms with Gasteiger partial charge in [0.25, 0.3) is 0 Å². The predicted octanol–water partition coefficient (Wildman–Crippen LogP) is 23.1. The Balaban J connectivity index is 0. The van der Waals surface area contributed by atoms with E-state index in [0.717, 1.165) is 38.5 Å².